The minimum atomic E-state index is -0.940. The van der Waals surface area contributed by atoms with Crippen molar-refractivity contribution >= 4 is 40.5 Å². The van der Waals surface area contributed by atoms with Crippen molar-refractivity contribution < 1.29 is 13.2 Å². The number of hydrogen-bond acceptors (Lipinski definition) is 4. The van der Waals surface area contributed by atoms with E-state index in [1.54, 1.807) is 47.9 Å². The van der Waals surface area contributed by atoms with Crippen molar-refractivity contribution in [2.24, 2.45) is 12.5 Å². The molecule has 0 fully saturated rings. The fourth-order valence-corrected chi connectivity index (χ4v) is 7.71. The van der Waals surface area contributed by atoms with Gasteiger partial charge in [0, 0.05) is 34.8 Å². The quantitative estimate of drug-likeness (QED) is 0.203. The first kappa shape index (κ1) is 29.6. The highest BCUT2D eigenvalue weighted by Gasteiger charge is 2.35. The third-order valence-electron chi connectivity index (χ3n) is 8.29. The molecule has 1 N–H and O–H groups in total. The maximum absolute atomic E-state index is 15.6. The molecule has 6 rings (SSSR count). The van der Waals surface area contributed by atoms with Gasteiger partial charge in [-0.25, -0.2) is 22.8 Å². The van der Waals surface area contributed by atoms with E-state index in [2.05, 4.69) is 37.9 Å². The summed E-state index contributed by atoms with van der Waals surface area (Å²) in [5.74, 6) is -0.476. The highest BCUT2D eigenvalue weighted by atomic mass is 32.2. The van der Waals surface area contributed by atoms with Crippen LogP contribution in [0.1, 0.15) is 57.0 Å². The lowest BCUT2D eigenvalue weighted by Gasteiger charge is -2.30. The number of H-pyrrole nitrogens is 1. The average molecular weight is 619 g/mol. The molecule has 0 saturated heterocycles. The predicted octanol–water partition coefficient (Wildman–Crippen LogP) is 9.75. The average Bonchev–Trinajstić information content (AvgIpc) is 3.63. The maximum atomic E-state index is 15.6. The van der Waals surface area contributed by atoms with Crippen molar-refractivity contribution in [3.8, 4) is 11.4 Å². The number of aryl methyl sites for hydroxylation is 1. The highest BCUT2D eigenvalue weighted by Crippen LogP contribution is 2.42. The molecule has 3 aromatic carbocycles. The number of nitrogens with one attached hydrogen (secondary N) is 1. The second-order valence-corrected chi connectivity index (χ2v) is 14.1. The Morgan fingerprint density at radius 1 is 0.953 bits per heavy atom. The standard InChI is InChI=1S/C34H33F3N4S2/c1-33(2)15-8-16-34(3,21-9-6-5-7-10-21)32-39-31(41(4)40-32)25-19-22(11-12-26(25)35)43-30-24(14-18-42-20-33)23-13-17-38-29(23)27(36)28(30)37/h5-7,9-14,17-19,38H,8,15-16,20H2,1-4H3/b18-14+/t34-/m1/s1. The number of rotatable bonds is 1. The third kappa shape index (κ3) is 5.65. The summed E-state index contributed by atoms with van der Waals surface area (Å²) in [7, 11) is 1.76. The molecule has 0 aliphatic carbocycles. The smallest absolute Gasteiger partial charge is 0.184 e. The molecule has 43 heavy (non-hydrogen) atoms. The fourth-order valence-electron chi connectivity index (χ4n) is 5.77. The Bertz CT molecular complexity index is 1830. The summed E-state index contributed by atoms with van der Waals surface area (Å²) in [5.41, 5.74) is 1.60. The van der Waals surface area contributed by atoms with Crippen LogP contribution in [-0.2, 0) is 12.5 Å². The molecule has 0 spiro atoms. The lowest BCUT2D eigenvalue weighted by atomic mass is 9.75. The van der Waals surface area contributed by atoms with Gasteiger partial charge in [0.1, 0.15) is 5.82 Å². The molecule has 2 aromatic heterocycles. The van der Waals surface area contributed by atoms with Crippen LogP contribution in [0, 0.1) is 22.9 Å². The summed E-state index contributed by atoms with van der Waals surface area (Å²) in [6.45, 7) is 6.66. The Morgan fingerprint density at radius 2 is 1.74 bits per heavy atom. The lowest BCUT2D eigenvalue weighted by Crippen LogP contribution is -2.26. The van der Waals surface area contributed by atoms with Crippen LogP contribution in [0.15, 0.2) is 76.0 Å². The van der Waals surface area contributed by atoms with Crippen molar-refractivity contribution in [2.75, 3.05) is 5.75 Å². The Hall–Kier alpha value is -3.43. The molecule has 5 aromatic rings. The van der Waals surface area contributed by atoms with E-state index in [0.29, 0.717) is 27.5 Å². The highest BCUT2D eigenvalue weighted by molar-refractivity contribution is 8.02. The molecular formula is C34H33F3N4S2. The second-order valence-electron chi connectivity index (χ2n) is 12.1. The van der Waals surface area contributed by atoms with E-state index < -0.39 is 22.9 Å². The van der Waals surface area contributed by atoms with E-state index in [1.165, 1.54) is 6.07 Å². The van der Waals surface area contributed by atoms with E-state index in [1.807, 2.05) is 29.7 Å². The van der Waals surface area contributed by atoms with Crippen LogP contribution in [0.2, 0.25) is 0 Å². The van der Waals surface area contributed by atoms with Crippen molar-refractivity contribution in [1.82, 2.24) is 19.7 Å². The summed E-state index contributed by atoms with van der Waals surface area (Å²) < 4.78 is 47.8. The minimum Gasteiger partial charge on any atom is -0.359 e. The predicted molar refractivity (Wildman–Crippen MR) is 171 cm³/mol. The maximum Gasteiger partial charge on any atom is 0.184 e. The fraction of sp³-hybridized carbons (Fsp3) is 0.294. The van der Waals surface area contributed by atoms with Gasteiger partial charge in [0.15, 0.2) is 23.3 Å². The largest absolute Gasteiger partial charge is 0.359 e. The summed E-state index contributed by atoms with van der Waals surface area (Å²) in [6.07, 6.45) is 6.21. The van der Waals surface area contributed by atoms with Crippen LogP contribution in [-0.4, -0.2) is 25.5 Å². The van der Waals surface area contributed by atoms with Crippen LogP contribution < -0.4 is 0 Å². The molecule has 222 valence electrons. The molecule has 0 radical (unpaired) electrons. The Morgan fingerprint density at radius 3 is 2.53 bits per heavy atom. The number of fused-ring (bicyclic) bond motifs is 8. The van der Waals surface area contributed by atoms with E-state index in [9.17, 15) is 0 Å². The molecule has 9 heteroatoms. The number of thioether (sulfide) groups is 1. The van der Waals surface area contributed by atoms with Gasteiger partial charge in [0.25, 0.3) is 0 Å². The van der Waals surface area contributed by atoms with Crippen molar-refractivity contribution in [2.45, 2.75) is 55.2 Å². The third-order valence-corrected chi connectivity index (χ3v) is 10.7. The summed E-state index contributed by atoms with van der Waals surface area (Å²) in [4.78, 5) is 8.47. The number of benzene rings is 3. The van der Waals surface area contributed by atoms with Gasteiger partial charge in [0.05, 0.1) is 21.4 Å². The number of aromatic nitrogens is 4. The van der Waals surface area contributed by atoms with Crippen molar-refractivity contribution in [1.29, 1.82) is 0 Å². The molecule has 0 unspecified atom stereocenters. The summed E-state index contributed by atoms with van der Waals surface area (Å²) >= 11 is 2.73. The van der Waals surface area contributed by atoms with Gasteiger partial charge < -0.3 is 4.98 Å². The van der Waals surface area contributed by atoms with Crippen LogP contribution in [0.5, 0.6) is 0 Å². The molecule has 4 nitrogen and oxygen atoms in total. The van der Waals surface area contributed by atoms with Crippen molar-refractivity contribution in [3.63, 3.8) is 0 Å². The Labute approximate surface area is 258 Å². The zero-order chi connectivity index (χ0) is 30.4. The van der Waals surface area contributed by atoms with Gasteiger partial charge in [0.2, 0.25) is 0 Å². The van der Waals surface area contributed by atoms with Gasteiger partial charge in [-0.2, -0.15) is 5.10 Å². The van der Waals surface area contributed by atoms with Crippen LogP contribution in [0.4, 0.5) is 13.2 Å². The molecule has 3 heterocycles. The number of hydrogen-bond donors (Lipinski definition) is 1. The molecule has 1 aliphatic rings. The van der Waals surface area contributed by atoms with E-state index >= 15 is 13.2 Å². The topological polar surface area (TPSA) is 46.5 Å². The number of aromatic amines is 1. The zero-order valence-electron chi connectivity index (χ0n) is 24.5. The molecule has 1 atom stereocenters. The number of halogens is 3. The van der Waals surface area contributed by atoms with E-state index in [4.69, 9.17) is 10.1 Å². The zero-order valence-corrected chi connectivity index (χ0v) is 26.2. The first-order valence-electron chi connectivity index (χ1n) is 14.3. The molecule has 1 aliphatic heterocycles. The first-order chi connectivity index (χ1) is 20.6. The van der Waals surface area contributed by atoms with Gasteiger partial charge in [-0.3, -0.25) is 0 Å². The van der Waals surface area contributed by atoms with Crippen LogP contribution >= 0.6 is 23.5 Å². The van der Waals surface area contributed by atoms with E-state index in [0.717, 1.165) is 42.3 Å². The molecule has 0 saturated carbocycles. The van der Waals surface area contributed by atoms with Crippen LogP contribution in [0.3, 0.4) is 0 Å². The number of nitrogens with zero attached hydrogens (tertiary/aromatic N) is 3. The van der Waals surface area contributed by atoms with Crippen LogP contribution in [0.25, 0.3) is 28.4 Å². The minimum absolute atomic E-state index is 0.0242. The van der Waals surface area contributed by atoms with Gasteiger partial charge in [-0.15, -0.1) is 11.8 Å². The van der Waals surface area contributed by atoms with Crippen molar-refractivity contribution in [3.05, 3.63) is 101 Å². The molecular weight excluding hydrogens is 586 g/mol. The first-order valence-corrected chi connectivity index (χ1v) is 16.1. The van der Waals surface area contributed by atoms with Gasteiger partial charge in [-0.05, 0) is 66.5 Å². The molecule has 0 amide bonds. The summed E-state index contributed by atoms with van der Waals surface area (Å²) in [5, 5.41) is 7.38. The molecule has 4 bridgehead atoms. The SMILES string of the molecule is Cn1nc2nc1-c1cc(ccc1F)Sc1c(F)c(F)c3[nH]ccc3c1/C=C/SCC(C)(C)CCC[C@]2(C)c1ccccc1. The van der Waals surface area contributed by atoms with E-state index in [-0.39, 0.29) is 21.4 Å². The van der Waals surface area contributed by atoms with Gasteiger partial charge in [-0.1, -0.05) is 62.4 Å². The second kappa shape index (κ2) is 11.6. The van der Waals surface area contributed by atoms with Gasteiger partial charge >= 0.3 is 0 Å². The summed E-state index contributed by atoms with van der Waals surface area (Å²) in [6, 6.07) is 16.5. The lowest BCUT2D eigenvalue weighted by molar-refractivity contribution is 0.343. The normalized spacial score (nSPS) is 19.9. The monoisotopic (exact) mass is 618 g/mol. The Kier molecular flexibility index (Phi) is 7.98. The Balaban J connectivity index is 1.52.